The molecular weight excluding hydrogens is 290 g/mol. The second-order valence-corrected chi connectivity index (χ2v) is 6.28. The van der Waals surface area contributed by atoms with Crippen molar-refractivity contribution >= 4 is 22.6 Å². The van der Waals surface area contributed by atoms with Gasteiger partial charge in [0.2, 0.25) is 5.91 Å². The van der Waals surface area contributed by atoms with Gasteiger partial charge in [0.25, 0.3) is 0 Å². The number of rotatable bonds is 6. The molecular formula is C19H21NO3. The summed E-state index contributed by atoms with van der Waals surface area (Å²) in [6.45, 7) is 0. The third-order valence-corrected chi connectivity index (χ3v) is 4.66. The third kappa shape index (κ3) is 3.70. The van der Waals surface area contributed by atoms with E-state index in [1.54, 1.807) is 6.07 Å². The molecule has 1 amide bonds. The normalized spacial score (nSPS) is 15.8. The van der Waals surface area contributed by atoms with Crippen LogP contribution in [0.3, 0.4) is 0 Å². The monoisotopic (exact) mass is 311 g/mol. The number of nitrogens with one attached hydrogen (secondary N) is 1. The molecule has 0 spiro atoms. The number of carboxylic acids is 1. The molecule has 4 heteroatoms. The van der Waals surface area contributed by atoms with Crippen LogP contribution in [0.15, 0.2) is 42.5 Å². The van der Waals surface area contributed by atoms with E-state index in [1.807, 2.05) is 36.4 Å². The van der Waals surface area contributed by atoms with Crippen LogP contribution in [0.5, 0.6) is 0 Å². The van der Waals surface area contributed by atoms with Crippen molar-refractivity contribution in [3.05, 3.63) is 48.0 Å². The van der Waals surface area contributed by atoms with Gasteiger partial charge in [0, 0.05) is 6.42 Å². The van der Waals surface area contributed by atoms with E-state index >= 15 is 0 Å². The molecule has 0 saturated heterocycles. The van der Waals surface area contributed by atoms with Gasteiger partial charge in [-0.3, -0.25) is 4.79 Å². The Morgan fingerprint density at radius 1 is 1.13 bits per heavy atom. The summed E-state index contributed by atoms with van der Waals surface area (Å²) < 4.78 is 0. The summed E-state index contributed by atoms with van der Waals surface area (Å²) in [6.07, 6.45) is 4.90. The molecule has 4 nitrogen and oxygen atoms in total. The Morgan fingerprint density at radius 2 is 1.87 bits per heavy atom. The lowest BCUT2D eigenvalue weighted by atomic mass is 9.82. The fourth-order valence-electron chi connectivity index (χ4n) is 3.02. The minimum absolute atomic E-state index is 0.183. The molecule has 23 heavy (non-hydrogen) atoms. The van der Waals surface area contributed by atoms with E-state index < -0.39 is 12.0 Å². The molecule has 1 fully saturated rings. The highest BCUT2D eigenvalue weighted by Gasteiger charge is 2.24. The highest BCUT2D eigenvalue weighted by molar-refractivity contribution is 5.88. The van der Waals surface area contributed by atoms with Crippen molar-refractivity contribution in [2.75, 3.05) is 0 Å². The van der Waals surface area contributed by atoms with Gasteiger partial charge < -0.3 is 10.4 Å². The number of carboxylic acid groups (broad SMARTS) is 1. The predicted molar refractivity (Wildman–Crippen MR) is 89.0 cm³/mol. The van der Waals surface area contributed by atoms with E-state index in [1.165, 1.54) is 19.3 Å². The molecule has 1 saturated carbocycles. The Morgan fingerprint density at radius 3 is 2.52 bits per heavy atom. The minimum atomic E-state index is -1.03. The molecule has 3 rings (SSSR count). The number of amides is 1. The second-order valence-electron chi connectivity index (χ2n) is 6.28. The maximum absolute atomic E-state index is 12.1. The number of fused-ring (bicyclic) bond motifs is 1. The van der Waals surface area contributed by atoms with E-state index in [0.717, 1.165) is 17.2 Å². The molecule has 0 heterocycles. The van der Waals surface area contributed by atoms with E-state index in [-0.39, 0.29) is 5.91 Å². The standard InChI is InChI=1S/C19H21NO3/c21-17(11-8-13-4-3-5-13)20-18(19(22)23)16-10-9-14-6-1-2-7-15(14)12-16/h1-2,6-7,9-10,12-13,18H,3-5,8,11H2,(H,20,21)(H,22,23). The van der Waals surface area contributed by atoms with Crippen molar-refractivity contribution in [3.8, 4) is 0 Å². The smallest absolute Gasteiger partial charge is 0.330 e. The largest absolute Gasteiger partial charge is 0.479 e. The maximum atomic E-state index is 12.1. The molecule has 0 aromatic heterocycles. The van der Waals surface area contributed by atoms with Crippen LogP contribution in [-0.4, -0.2) is 17.0 Å². The number of carbonyl (C=O) groups excluding carboxylic acids is 1. The average Bonchev–Trinajstić information content (AvgIpc) is 2.50. The number of aliphatic carboxylic acids is 1. The first kappa shape index (κ1) is 15.5. The van der Waals surface area contributed by atoms with Crippen LogP contribution < -0.4 is 5.32 Å². The third-order valence-electron chi connectivity index (χ3n) is 4.66. The minimum Gasteiger partial charge on any atom is -0.479 e. The fourth-order valence-corrected chi connectivity index (χ4v) is 3.02. The van der Waals surface area contributed by atoms with Gasteiger partial charge >= 0.3 is 5.97 Å². The van der Waals surface area contributed by atoms with E-state index in [9.17, 15) is 14.7 Å². The highest BCUT2D eigenvalue weighted by atomic mass is 16.4. The van der Waals surface area contributed by atoms with E-state index in [0.29, 0.717) is 17.9 Å². The van der Waals surface area contributed by atoms with E-state index in [4.69, 9.17) is 0 Å². The molecule has 2 N–H and O–H groups in total. The van der Waals surface area contributed by atoms with Crippen LogP contribution in [-0.2, 0) is 9.59 Å². The van der Waals surface area contributed by atoms with Gasteiger partial charge in [-0.15, -0.1) is 0 Å². The first-order chi connectivity index (χ1) is 11.1. The van der Waals surface area contributed by atoms with Crippen LogP contribution in [0.1, 0.15) is 43.7 Å². The SMILES string of the molecule is O=C(CCC1CCC1)NC(C(=O)O)c1ccc2ccccc2c1. The lowest BCUT2D eigenvalue weighted by Crippen LogP contribution is -2.34. The Kier molecular flexibility index (Phi) is 4.60. The van der Waals surface area contributed by atoms with Crippen molar-refractivity contribution < 1.29 is 14.7 Å². The lowest BCUT2D eigenvalue weighted by molar-refractivity contribution is -0.142. The molecule has 1 atom stereocenters. The highest BCUT2D eigenvalue weighted by Crippen LogP contribution is 2.30. The van der Waals surface area contributed by atoms with Crippen molar-refractivity contribution in [2.24, 2.45) is 5.92 Å². The zero-order valence-electron chi connectivity index (χ0n) is 13.0. The van der Waals surface area contributed by atoms with Gasteiger partial charge in [-0.2, -0.15) is 0 Å². The van der Waals surface area contributed by atoms with Gasteiger partial charge in [-0.05, 0) is 34.7 Å². The molecule has 1 aliphatic carbocycles. The van der Waals surface area contributed by atoms with Crippen molar-refractivity contribution in [1.82, 2.24) is 5.32 Å². The summed E-state index contributed by atoms with van der Waals surface area (Å²) in [7, 11) is 0. The van der Waals surface area contributed by atoms with Crippen LogP contribution >= 0.6 is 0 Å². The summed E-state index contributed by atoms with van der Waals surface area (Å²) in [6, 6.07) is 12.3. The summed E-state index contributed by atoms with van der Waals surface area (Å²) in [5.41, 5.74) is 0.605. The molecule has 2 aromatic rings. The van der Waals surface area contributed by atoms with Gasteiger partial charge in [0.15, 0.2) is 6.04 Å². The quantitative estimate of drug-likeness (QED) is 0.855. The average molecular weight is 311 g/mol. The number of hydrogen-bond donors (Lipinski definition) is 2. The molecule has 1 unspecified atom stereocenters. The summed E-state index contributed by atoms with van der Waals surface area (Å²) >= 11 is 0. The zero-order chi connectivity index (χ0) is 16.2. The summed E-state index contributed by atoms with van der Waals surface area (Å²) in [5, 5.41) is 14.2. The predicted octanol–water partition coefficient (Wildman–Crippen LogP) is 3.66. The van der Waals surface area contributed by atoms with Crippen LogP contribution in [0.4, 0.5) is 0 Å². The van der Waals surface area contributed by atoms with Crippen LogP contribution in [0.25, 0.3) is 10.8 Å². The van der Waals surface area contributed by atoms with Gasteiger partial charge in [0.05, 0.1) is 0 Å². The van der Waals surface area contributed by atoms with Crippen LogP contribution in [0.2, 0.25) is 0 Å². The fraction of sp³-hybridized carbons (Fsp3) is 0.368. The zero-order valence-corrected chi connectivity index (χ0v) is 13.0. The number of hydrogen-bond acceptors (Lipinski definition) is 2. The summed E-state index contributed by atoms with van der Waals surface area (Å²) in [4.78, 5) is 23.6. The molecule has 120 valence electrons. The van der Waals surface area contributed by atoms with Gasteiger partial charge in [-0.1, -0.05) is 55.7 Å². The summed E-state index contributed by atoms with van der Waals surface area (Å²) in [5.74, 6) is -0.570. The van der Waals surface area contributed by atoms with Crippen molar-refractivity contribution in [2.45, 2.75) is 38.1 Å². The topological polar surface area (TPSA) is 66.4 Å². The number of benzene rings is 2. The molecule has 2 aromatic carbocycles. The first-order valence-corrected chi connectivity index (χ1v) is 8.14. The van der Waals surface area contributed by atoms with Gasteiger partial charge in [-0.25, -0.2) is 4.79 Å². The Hall–Kier alpha value is -2.36. The Balaban J connectivity index is 1.71. The lowest BCUT2D eigenvalue weighted by Gasteiger charge is -2.25. The van der Waals surface area contributed by atoms with Crippen molar-refractivity contribution in [3.63, 3.8) is 0 Å². The first-order valence-electron chi connectivity index (χ1n) is 8.14. The molecule has 0 aliphatic heterocycles. The van der Waals surface area contributed by atoms with Gasteiger partial charge in [0.1, 0.15) is 0 Å². The van der Waals surface area contributed by atoms with E-state index in [2.05, 4.69) is 5.32 Å². The molecule has 0 radical (unpaired) electrons. The molecule has 1 aliphatic rings. The maximum Gasteiger partial charge on any atom is 0.330 e. The van der Waals surface area contributed by atoms with Crippen molar-refractivity contribution in [1.29, 1.82) is 0 Å². The number of carbonyl (C=O) groups is 2. The van der Waals surface area contributed by atoms with Crippen LogP contribution in [0, 0.1) is 5.92 Å². The Labute approximate surface area is 135 Å². The molecule has 0 bridgehead atoms. The Bertz CT molecular complexity index is 721. The second kappa shape index (κ2) is 6.82.